The largest absolute Gasteiger partial charge is 0.497 e. The number of benzene rings is 1. The van der Waals surface area contributed by atoms with Crippen molar-refractivity contribution in [3.05, 3.63) is 46.9 Å². The first-order chi connectivity index (χ1) is 13.5. The van der Waals surface area contributed by atoms with Gasteiger partial charge in [-0.25, -0.2) is 9.97 Å². The van der Waals surface area contributed by atoms with Crippen molar-refractivity contribution in [1.29, 1.82) is 0 Å². The summed E-state index contributed by atoms with van der Waals surface area (Å²) in [6.45, 7) is 7.56. The molecule has 6 nitrogen and oxygen atoms in total. The van der Waals surface area contributed by atoms with Crippen LogP contribution >= 0.6 is 0 Å². The van der Waals surface area contributed by atoms with E-state index in [1.165, 1.54) is 12.8 Å². The van der Waals surface area contributed by atoms with Crippen molar-refractivity contribution in [3.8, 4) is 5.75 Å². The summed E-state index contributed by atoms with van der Waals surface area (Å²) in [6.07, 6.45) is 3.14. The normalized spacial score (nSPS) is 17.4. The zero-order valence-corrected chi connectivity index (χ0v) is 16.9. The smallest absolute Gasteiger partial charge is 0.254 e. The molecule has 1 aromatic heterocycles. The summed E-state index contributed by atoms with van der Waals surface area (Å²) in [5.74, 6) is 3.34. The molecule has 1 saturated heterocycles. The summed E-state index contributed by atoms with van der Waals surface area (Å²) in [5.41, 5.74) is 2.86. The zero-order valence-electron chi connectivity index (χ0n) is 16.9. The van der Waals surface area contributed by atoms with E-state index in [1.54, 1.807) is 13.2 Å². The van der Waals surface area contributed by atoms with Gasteiger partial charge in [0.2, 0.25) is 0 Å². The number of carbonyl (C=O) groups excluding carboxylic acids is 1. The Kier molecular flexibility index (Phi) is 5.20. The van der Waals surface area contributed by atoms with Gasteiger partial charge in [0.1, 0.15) is 17.4 Å². The number of amides is 1. The lowest BCUT2D eigenvalue weighted by Gasteiger charge is -2.36. The van der Waals surface area contributed by atoms with E-state index in [9.17, 15) is 4.79 Å². The fourth-order valence-electron chi connectivity index (χ4n) is 4.11. The summed E-state index contributed by atoms with van der Waals surface area (Å²) in [4.78, 5) is 26.8. The van der Waals surface area contributed by atoms with Gasteiger partial charge in [0.05, 0.1) is 19.3 Å². The van der Waals surface area contributed by atoms with E-state index < -0.39 is 0 Å². The molecule has 0 saturated carbocycles. The zero-order chi connectivity index (χ0) is 19.7. The molecule has 4 rings (SSSR count). The Balaban J connectivity index is 1.61. The van der Waals surface area contributed by atoms with Crippen LogP contribution in [0.5, 0.6) is 5.75 Å². The highest BCUT2D eigenvalue weighted by Gasteiger charge is 2.29. The lowest BCUT2D eigenvalue weighted by atomic mass is 9.98. The highest BCUT2D eigenvalue weighted by Crippen LogP contribution is 2.30. The number of aromatic nitrogens is 2. The van der Waals surface area contributed by atoms with E-state index in [2.05, 4.69) is 16.8 Å². The van der Waals surface area contributed by atoms with Gasteiger partial charge in [0.15, 0.2) is 0 Å². The SMILES string of the molecule is COc1cccc(C(=O)N2CCc3nc(C)nc(N4CCC(C)CC4)c3C2)c1. The van der Waals surface area contributed by atoms with Crippen LogP contribution in [0.1, 0.15) is 47.2 Å². The summed E-state index contributed by atoms with van der Waals surface area (Å²) < 4.78 is 5.27. The number of ether oxygens (including phenoxy) is 1. The van der Waals surface area contributed by atoms with E-state index >= 15 is 0 Å². The topological polar surface area (TPSA) is 58.6 Å². The Labute approximate surface area is 166 Å². The third kappa shape index (κ3) is 3.68. The molecule has 3 heterocycles. The molecule has 1 fully saturated rings. The van der Waals surface area contributed by atoms with Crippen LogP contribution in [0.2, 0.25) is 0 Å². The number of fused-ring (bicyclic) bond motifs is 1. The maximum atomic E-state index is 13.1. The molecule has 2 aromatic rings. The number of carbonyl (C=O) groups is 1. The lowest BCUT2D eigenvalue weighted by molar-refractivity contribution is 0.0733. The van der Waals surface area contributed by atoms with Crippen LogP contribution < -0.4 is 9.64 Å². The molecule has 0 N–H and O–H groups in total. The third-order valence-electron chi connectivity index (χ3n) is 5.84. The van der Waals surface area contributed by atoms with E-state index in [0.717, 1.165) is 48.3 Å². The first kappa shape index (κ1) is 18.7. The maximum absolute atomic E-state index is 13.1. The van der Waals surface area contributed by atoms with Gasteiger partial charge in [0.25, 0.3) is 5.91 Å². The van der Waals surface area contributed by atoms with Crippen LogP contribution in [0.25, 0.3) is 0 Å². The van der Waals surface area contributed by atoms with Crippen molar-refractivity contribution in [2.45, 2.75) is 39.7 Å². The molecule has 0 aliphatic carbocycles. The summed E-state index contributed by atoms with van der Waals surface area (Å²) >= 11 is 0. The number of rotatable bonds is 3. The first-order valence-electron chi connectivity index (χ1n) is 10.1. The van der Waals surface area contributed by atoms with Crippen molar-refractivity contribution in [1.82, 2.24) is 14.9 Å². The fourth-order valence-corrected chi connectivity index (χ4v) is 4.11. The quantitative estimate of drug-likeness (QED) is 0.818. The van der Waals surface area contributed by atoms with Gasteiger partial charge in [-0.15, -0.1) is 0 Å². The van der Waals surface area contributed by atoms with Gasteiger partial charge in [0, 0.05) is 37.2 Å². The van der Waals surface area contributed by atoms with Crippen molar-refractivity contribution in [3.63, 3.8) is 0 Å². The molecule has 28 heavy (non-hydrogen) atoms. The number of methoxy groups -OCH3 is 1. The second-order valence-electron chi connectivity index (χ2n) is 7.90. The van der Waals surface area contributed by atoms with Crippen LogP contribution in [0.15, 0.2) is 24.3 Å². The molecule has 6 heteroatoms. The molecule has 0 spiro atoms. The van der Waals surface area contributed by atoms with E-state index in [-0.39, 0.29) is 5.91 Å². The predicted octanol–water partition coefficient (Wildman–Crippen LogP) is 3.23. The number of hydrogen-bond acceptors (Lipinski definition) is 5. The van der Waals surface area contributed by atoms with Gasteiger partial charge in [-0.3, -0.25) is 4.79 Å². The summed E-state index contributed by atoms with van der Waals surface area (Å²) in [5, 5.41) is 0. The minimum absolute atomic E-state index is 0.0309. The Morgan fingerprint density at radius 3 is 2.71 bits per heavy atom. The van der Waals surface area contributed by atoms with Crippen LogP contribution in [0.3, 0.4) is 0 Å². The summed E-state index contributed by atoms with van der Waals surface area (Å²) in [6, 6.07) is 7.36. The predicted molar refractivity (Wildman–Crippen MR) is 109 cm³/mol. The Bertz CT molecular complexity index is 875. The molecule has 0 atom stereocenters. The number of piperidine rings is 1. The average Bonchev–Trinajstić information content (AvgIpc) is 2.73. The molecule has 0 bridgehead atoms. The minimum Gasteiger partial charge on any atom is -0.497 e. The van der Waals surface area contributed by atoms with Crippen LogP contribution in [0, 0.1) is 12.8 Å². The van der Waals surface area contributed by atoms with Crippen molar-refractivity contribution in [2.75, 3.05) is 31.6 Å². The standard InChI is InChI=1S/C22H28N4O2/c1-15-7-10-25(11-8-15)21-19-14-26(12-9-20(19)23-16(2)24-21)22(27)17-5-4-6-18(13-17)28-3/h4-6,13,15H,7-12,14H2,1-3H3. The molecular weight excluding hydrogens is 352 g/mol. The highest BCUT2D eigenvalue weighted by atomic mass is 16.5. The van der Waals surface area contributed by atoms with Crippen LogP contribution in [-0.2, 0) is 13.0 Å². The van der Waals surface area contributed by atoms with Gasteiger partial charge < -0.3 is 14.5 Å². The van der Waals surface area contributed by atoms with Crippen molar-refractivity contribution in [2.24, 2.45) is 5.92 Å². The third-order valence-corrected chi connectivity index (χ3v) is 5.84. The second kappa shape index (κ2) is 7.78. The second-order valence-corrected chi connectivity index (χ2v) is 7.90. The minimum atomic E-state index is 0.0309. The molecule has 1 amide bonds. The lowest BCUT2D eigenvalue weighted by Crippen LogP contribution is -2.40. The number of hydrogen-bond donors (Lipinski definition) is 0. The number of anilines is 1. The molecule has 0 radical (unpaired) electrons. The van der Waals surface area contributed by atoms with Crippen molar-refractivity contribution >= 4 is 11.7 Å². The molecule has 0 unspecified atom stereocenters. The molecule has 2 aliphatic heterocycles. The van der Waals surface area contributed by atoms with E-state index in [4.69, 9.17) is 9.72 Å². The average molecular weight is 380 g/mol. The van der Waals surface area contributed by atoms with Crippen LogP contribution in [-0.4, -0.2) is 47.5 Å². The van der Waals surface area contributed by atoms with Gasteiger partial charge in [-0.1, -0.05) is 13.0 Å². The fraction of sp³-hybridized carbons (Fsp3) is 0.500. The Morgan fingerprint density at radius 2 is 1.96 bits per heavy atom. The highest BCUT2D eigenvalue weighted by molar-refractivity contribution is 5.94. The monoisotopic (exact) mass is 380 g/mol. The molecule has 2 aliphatic rings. The van der Waals surface area contributed by atoms with E-state index in [1.807, 2.05) is 30.0 Å². The first-order valence-corrected chi connectivity index (χ1v) is 10.1. The number of aryl methyl sites for hydroxylation is 1. The van der Waals surface area contributed by atoms with Crippen LogP contribution in [0.4, 0.5) is 5.82 Å². The van der Waals surface area contributed by atoms with Gasteiger partial charge in [-0.05, 0) is 43.9 Å². The number of nitrogens with zero attached hydrogens (tertiary/aromatic N) is 4. The molecule has 1 aromatic carbocycles. The Hall–Kier alpha value is -2.63. The maximum Gasteiger partial charge on any atom is 0.254 e. The van der Waals surface area contributed by atoms with Gasteiger partial charge in [-0.2, -0.15) is 0 Å². The van der Waals surface area contributed by atoms with Crippen molar-refractivity contribution < 1.29 is 9.53 Å². The van der Waals surface area contributed by atoms with E-state index in [0.29, 0.717) is 24.4 Å². The van der Waals surface area contributed by atoms with Gasteiger partial charge >= 0.3 is 0 Å². The molecular formula is C22H28N4O2. The Morgan fingerprint density at radius 1 is 1.18 bits per heavy atom. The summed E-state index contributed by atoms with van der Waals surface area (Å²) in [7, 11) is 1.62. The molecule has 148 valence electrons.